The summed E-state index contributed by atoms with van der Waals surface area (Å²) in [6, 6.07) is 0. The van der Waals surface area contributed by atoms with Gasteiger partial charge >= 0.3 is 5.97 Å². The summed E-state index contributed by atoms with van der Waals surface area (Å²) in [5.74, 6) is -2.60. The first kappa shape index (κ1) is 13.4. The van der Waals surface area contributed by atoms with E-state index in [2.05, 4.69) is 0 Å². The third-order valence-electron chi connectivity index (χ3n) is 3.50. The maximum Gasteiger partial charge on any atom is 0.303 e. The summed E-state index contributed by atoms with van der Waals surface area (Å²) in [5, 5.41) is 29.0. The van der Waals surface area contributed by atoms with Crippen LogP contribution >= 0.6 is 0 Å². The van der Waals surface area contributed by atoms with Crippen molar-refractivity contribution >= 4 is 5.97 Å². The zero-order chi connectivity index (χ0) is 12.6. The Bertz CT molecular complexity index is 283. The van der Waals surface area contributed by atoms with Gasteiger partial charge in [-0.2, -0.15) is 0 Å². The first-order valence-electron chi connectivity index (χ1n) is 5.43. The van der Waals surface area contributed by atoms with E-state index >= 15 is 0 Å². The van der Waals surface area contributed by atoms with Crippen molar-refractivity contribution in [3.05, 3.63) is 0 Å². The molecular weight excluding hydrogens is 212 g/mol. The SMILES string of the molecule is CC(C)(O)C1(O)OCCC1(C)CCC(=O)O. The minimum absolute atomic E-state index is 0.0434. The fraction of sp³-hybridized carbons (Fsp3) is 0.909. The van der Waals surface area contributed by atoms with Crippen molar-refractivity contribution in [3.8, 4) is 0 Å². The van der Waals surface area contributed by atoms with Crippen molar-refractivity contribution < 1.29 is 24.9 Å². The van der Waals surface area contributed by atoms with Crippen molar-refractivity contribution in [1.82, 2.24) is 0 Å². The maximum absolute atomic E-state index is 10.6. The molecule has 5 heteroatoms. The fourth-order valence-electron chi connectivity index (χ4n) is 2.36. The predicted molar refractivity (Wildman–Crippen MR) is 56.8 cm³/mol. The Hall–Kier alpha value is -0.650. The normalized spacial score (nSPS) is 35.3. The second-order valence-electron chi connectivity index (χ2n) is 5.26. The minimum atomic E-state index is -1.69. The smallest absolute Gasteiger partial charge is 0.303 e. The molecular formula is C11H20O5. The van der Waals surface area contributed by atoms with Gasteiger partial charge in [0.1, 0.15) is 5.60 Å². The highest BCUT2D eigenvalue weighted by atomic mass is 16.6. The maximum atomic E-state index is 10.6. The van der Waals surface area contributed by atoms with Crippen LogP contribution in [0.2, 0.25) is 0 Å². The molecule has 1 aliphatic heterocycles. The van der Waals surface area contributed by atoms with E-state index in [0.29, 0.717) is 13.0 Å². The van der Waals surface area contributed by atoms with E-state index in [1.54, 1.807) is 6.92 Å². The Labute approximate surface area is 95.0 Å². The van der Waals surface area contributed by atoms with E-state index < -0.39 is 22.8 Å². The lowest BCUT2D eigenvalue weighted by Crippen LogP contribution is -2.58. The average Bonchev–Trinajstić information content (AvgIpc) is 2.41. The number of carboxylic acids is 1. The van der Waals surface area contributed by atoms with Crippen molar-refractivity contribution in [3.63, 3.8) is 0 Å². The molecule has 0 saturated carbocycles. The third-order valence-corrected chi connectivity index (χ3v) is 3.50. The fourth-order valence-corrected chi connectivity index (χ4v) is 2.36. The van der Waals surface area contributed by atoms with E-state index in [1.165, 1.54) is 13.8 Å². The molecule has 1 fully saturated rings. The molecule has 0 aliphatic carbocycles. The standard InChI is InChI=1S/C11H20O5/c1-9(2,14)11(15)10(3,6-7-16-11)5-4-8(12)13/h14-15H,4-7H2,1-3H3,(H,12,13). The molecule has 0 spiro atoms. The van der Waals surface area contributed by atoms with Crippen LogP contribution in [0.4, 0.5) is 0 Å². The zero-order valence-electron chi connectivity index (χ0n) is 9.99. The lowest BCUT2D eigenvalue weighted by Gasteiger charge is -2.45. The van der Waals surface area contributed by atoms with Gasteiger partial charge in [0.05, 0.1) is 6.61 Å². The van der Waals surface area contributed by atoms with Gasteiger partial charge in [-0.05, 0) is 26.7 Å². The predicted octanol–water partition coefficient (Wildman–Crippen LogP) is 0.737. The third kappa shape index (κ3) is 2.07. The van der Waals surface area contributed by atoms with Gasteiger partial charge in [-0.1, -0.05) is 6.92 Å². The van der Waals surface area contributed by atoms with E-state index in [9.17, 15) is 15.0 Å². The summed E-state index contributed by atoms with van der Waals surface area (Å²) in [5.41, 5.74) is -2.15. The molecule has 0 bridgehead atoms. The van der Waals surface area contributed by atoms with Crippen LogP contribution < -0.4 is 0 Å². The van der Waals surface area contributed by atoms with E-state index in [0.717, 1.165) is 0 Å². The van der Waals surface area contributed by atoms with Gasteiger partial charge in [0, 0.05) is 11.8 Å². The number of carbonyl (C=O) groups is 1. The summed E-state index contributed by atoms with van der Waals surface area (Å²) in [6.45, 7) is 5.02. The molecule has 94 valence electrons. The van der Waals surface area contributed by atoms with Gasteiger partial charge in [-0.25, -0.2) is 0 Å². The number of ether oxygens (including phenoxy) is 1. The molecule has 3 N–H and O–H groups in total. The molecule has 0 aromatic carbocycles. The number of aliphatic carboxylic acids is 1. The minimum Gasteiger partial charge on any atom is -0.481 e. The van der Waals surface area contributed by atoms with Crippen molar-refractivity contribution in [2.24, 2.45) is 5.41 Å². The van der Waals surface area contributed by atoms with E-state index in [-0.39, 0.29) is 12.8 Å². The Morgan fingerprint density at radius 2 is 2.06 bits per heavy atom. The second kappa shape index (κ2) is 3.98. The van der Waals surface area contributed by atoms with Crippen molar-refractivity contribution in [1.29, 1.82) is 0 Å². The highest BCUT2D eigenvalue weighted by molar-refractivity contribution is 5.66. The first-order valence-corrected chi connectivity index (χ1v) is 5.43. The molecule has 1 rings (SSSR count). The summed E-state index contributed by atoms with van der Waals surface area (Å²) in [7, 11) is 0. The number of rotatable bonds is 4. The Kier molecular flexibility index (Phi) is 3.34. The molecule has 0 aromatic rings. The summed E-state index contributed by atoms with van der Waals surface area (Å²) < 4.78 is 5.27. The van der Waals surface area contributed by atoms with Crippen LogP contribution in [0.1, 0.15) is 40.0 Å². The Balaban J connectivity index is 2.89. The molecule has 0 amide bonds. The molecule has 5 nitrogen and oxygen atoms in total. The molecule has 1 heterocycles. The average molecular weight is 232 g/mol. The quantitative estimate of drug-likeness (QED) is 0.665. The lowest BCUT2D eigenvalue weighted by atomic mass is 9.70. The molecule has 1 saturated heterocycles. The van der Waals surface area contributed by atoms with Gasteiger partial charge < -0.3 is 20.1 Å². The van der Waals surface area contributed by atoms with Gasteiger partial charge in [-0.15, -0.1) is 0 Å². The van der Waals surface area contributed by atoms with Crippen LogP contribution in [0.25, 0.3) is 0 Å². The Morgan fingerprint density at radius 3 is 2.50 bits per heavy atom. The molecule has 16 heavy (non-hydrogen) atoms. The molecule has 0 radical (unpaired) electrons. The van der Waals surface area contributed by atoms with Gasteiger partial charge in [-0.3, -0.25) is 4.79 Å². The number of hydrogen-bond acceptors (Lipinski definition) is 4. The second-order valence-corrected chi connectivity index (χ2v) is 5.26. The van der Waals surface area contributed by atoms with Crippen LogP contribution in [0.3, 0.4) is 0 Å². The number of hydrogen-bond donors (Lipinski definition) is 3. The van der Waals surface area contributed by atoms with Crippen LogP contribution in [-0.4, -0.2) is 39.3 Å². The monoisotopic (exact) mass is 232 g/mol. The van der Waals surface area contributed by atoms with Crippen LogP contribution in [0.15, 0.2) is 0 Å². The zero-order valence-corrected chi connectivity index (χ0v) is 9.99. The Morgan fingerprint density at radius 1 is 1.50 bits per heavy atom. The van der Waals surface area contributed by atoms with Crippen LogP contribution in [0, 0.1) is 5.41 Å². The highest BCUT2D eigenvalue weighted by Gasteiger charge is 2.60. The largest absolute Gasteiger partial charge is 0.481 e. The van der Waals surface area contributed by atoms with Gasteiger partial charge in [0.2, 0.25) is 0 Å². The van der Waals surface area contributed by atoms with Crippen molar-refractivity contribution in [2.75, 3.05) is 6.61 Å². The molecule has 2 atom stereocenters. The van der Waals surface area contributed by atoms with Gasteiger partial charge in [0.15, 0.2) is 5.79 Å². The lowest BCUT2D eigenvalue weighted by molar-refractivity contribution is -0.308. The van der Waals surface area contributed by atoms with E-state index in [1.807, 2.05) is 0 Å². The highest BCUT2D eigenvalue weighted by Crippen LogP contribution is 2.50. The summed E-state index contributed by atoms with van der Waals surface area (Å²) in [4.78, 5) is 10.6. The molecule has 2 unspecified atom stereocenters. The summed E-state index contributed by atoms with van der Waals surface area (Å²) in [6.07, 6.45) is 0.780. The van der Waals surface area contributed by atoms with Crippen molar-refractivity contribution in [2.45, 2.75) is 51.4 Å². The van der Waals surface area contributed by atoms with E-state index in [4.69, 9.17) is 9.84 Å². The first-order chi connectivity index (χ1) is 7.12. The van der Waals surface area contributed by atoms with Gasteiger partial charge in [0.25, 0.3) is 0 Å². The van der Waals surface area contributed by atoms with Crippen LogP contribution in [-0.2, 0) is 9.53 Å². The van der Waals surface area contributed by atoms with Crippen LogP contribution in [0.5, 0.6) is 0 Å². The molecule has 1 aliphatic rings. The molecule has 0 aromatic heterocycles. The number of carboxylic acid groups (broad SMARTS) is 1. The number of aliphatic hydroxyl groups is 2. The topological polar surface area (TPSA) is 87.0 Å². The summed E-state index contributed by atoms with van der Waals surface area (Å²) >= 11 is 0.